The lowest BCUT2D eigenvalue weighted by molar-refractivity contribution is -0.143. The van der Waals surface area contributed by atoms with Gasteiger partial charge in [-0.2, -0.15) is 0 Å². The van der Waals surface area contributed by atoms with Crippen LogP contribution in [-0.2, 0) is 52.1 Å². The first-order chi connectivity index (χ1) is 25.9. The maximum absolute atomic E-state index is 13.8. The van der Waals surface area contributed by atoms with E-state index in [0.29, 0.717) is 42.0 Å². The molecule has 54 heavy (non-hydrogen) atoms. The fourth-order valence-electron chi connectivity index (χ4n) is 7.49. The molecular weight excluding hydrogens is 697 g/mol. The molecule has 2 aliphatic carbocycles. The number of unbranched alkanes of at least 4 members (excludes halogenated alkanes) is 2. The topological polar surface area (TPSA) is 171 Å². The Kier molecular flexibility index (Phi) is 13.5. The number of ketones is 1. The van der Waals surface area contributed by atoms with Gasteiger partial charge in [-0.1, -0.05) is 37.5 Å². The maximum atomic E-state index is 13.8. The summed E-state index contributed by atoms with van der Waals surface area (Å²) >= 11 is 0. The minimum absolute atomic E-state index is 0.00424. The number of hydrogen-bond acceptors (Lipinski definition) is 8. The fraction of sp³-hybridized carbons (Fsp3) is 0.525. The predicted octanol–water partition coefficient (Wildman–Crippen LogP) is 4.65. The Morgan fingerprint density at radius 3 is 2.35 bits per heavy atom. The minimum Gasteiger partial charge on any atom is -0.427 e. The van der Waals surface area contributed by atoms with Crippen molar-refractivity contribution in [2.75, 3.05) is 25.0 Å². The van der Waals surface area contributed by atoms with E-state index in [9.17, 15) is 38.0 Å². The van der Waals surface area contributed by atoms with E-state index in [1.807, 2.05) is 0 Å². The van der Waals surface area contributed by atoms with Crippen LogP contribution in [0.15, 0.2) is 42.5 Å². The second-order valence-electron chi connectivity index (χ2n) is 14.5. The SMILES string of the molecule is CC(=O)Nc1ccc2c(c1)CC[C@@]21OC(=O)N(CC(=O)N(Cc2ccc(F)cc2)[C@@H](C)CNC(=O)CCC(=O)NCCCCCC(=O)C2CCCC2)C1=O. The second kappa shape index (κ2) is 18.3. The molecule has 1 aliphatic heterocycles. The van der Waals surface area contributed by atoms with Gasteiger partial charge in [0.2, 0.25) is 29.2 Å². The lowest BCUT2D eigenvalue weighted by Gasteiger charge is -2.31. The van der Waals surface area contributed by atoms with Crippen LogP contribution in [0.2, 0.25) is 0 Å². The molecule has 0 aromatic heterocycles. The number of fused-ring (bicyclic) bond motifs is 2. The number of halogens is 1. The van der Waals surface area contributed by atoms with Gasteiger partial charge < -0.3 is 25.6 Å². The van der Waals surface area contributed by atoms with E-state index in [2.05, 4.69) is 16.0 Å². The Hall–Kier alpha value is -5.14. The number of ether oxygens (including phenoxy) is 1. The molecule has 2 aromatic rings. The second-order valence-corrected chi connectivity index (χ2v) is 14.5. The van der Waals surface area contributed by atoms with E-state index < -0.39 is 47.8 Å². The van der Waals surface area contributed by atoms with Gasteiger partial charge in [0.15, 0.2) is 0 Å². The van der Waals surface area contributed by atoms with Crippen molar-refractivity contribution in [3.8, 4) is 0 Å². The first-order valence-corrected chi connectivity index (χ1v) is 18.9. The largest absolute Gasteiger partial charge is 0.427 e. The first kappa shape index (κ1) is 40.1. The summed E-state index contributed by atoms with van der Waals surface area (Å²) in [5.41, 5.74) is 0.805. The average Bonchev–Trinajstić information content (AvgIpc) is 3.86. The van der Waals surface area contributed by atoms with E-state index in [1.54, 1.807) is 25.1 Å². The monoisotopic (exact) mass is 747 g/mol. The summed E-state index contributed by atoms with van der Waals surface area (Å²) in [7, 11) is 0. The molecule has 290 valence electrons. The Balaban J connectivity index is 1.11. The molecule has 1 heterocycles. The number of carbonyl (C=O) groups is 7. The zero-order valence-corrected chi connectivity index (χ0v) is 31.0. The molecule has 0 unspecified atom stereocenters. The van der Waals surface area contributed by atoms with Crippen molar-refractivity contribution < 1.29 is 42.7 Å². The molecule has 2 aromatic carbocycles. The van der Waals surface area contributed by atoms with Crippen molar-refractivity contribution in [2.45, 2.75) is 109 Å². The van der Waals surface area contributed by atoms with Gasteiger partial charge in [-0.15, -0.1) is 0 Å². The smallest absolute Gasteiger partial charge is 0.418 e. The molecule has 2 atom stereocenters. The third-order valence-electron chi connectivity index (χ3n) is 10.5. The average molecular weight is 748 g/mol. The van der Waals surface area contributed by atoms with E-state index in [0.717, 1.165) is 55.4 Å². The number of imide groups is 1. The van der Waals surface area contributed by atoms with Crippen molar-refractivity contribution in [2.24, 2.45) is 5.92 Å². The van der Waals surface area contributed by atoms with E-state index >= 15 is 0 Å². The van der Waals surface area contributed by atoms with E-state index in [1.165, 1.54) is 36.1 Å². The molecule has 2 fully saturated rings. The molecule has 0 radical (unpaired) electrons. The predicted molar refractivity (Wildman–Crippen MR) is 196 cm³/mol. The van der Waals surface area contributed by atoms with Crippen LogP contribution >= 0.6 is 0 Å². The first-order valence-electron chi connectivity index (χ1n) is 18.9. The Labute approximate surface area is 314 Å². The quantitative estimate of drug-likeness (QED) is 0.185. The highest BCUT2D eigenvalue weighted by Crippen LogP contribution is 2.46. The summed E-state index contributed by atoms with van der Waals surface area (Å²) in [4.78, 5) is 91.8. The van der Waals surface area contributed by atoms with Gasteiger partial charge in [0.1, 0.15) is 18.1 Å². The molecule has 1 saturated heterocycles. The summed E-state index contributed by atoms with van der Waals surface area (Å²) in [6.45, 7) is 2.95. The molecule has 3 aliphatic rings. The van der Waals surface area contributed by atoms with Crippen LogP contribution in [0.1, 0.15) is 101 Å². The summed E-state index contributed by atoms with van der Waals surface area (Å²) in [6, 6.07) is 9.93. The molecule has 6 amide bonds. The van der Waals surface area contributed by atoms with Gasteiger partial charge in [-0.05, 0) is 74.4 Å². The van der Waals surface area contributed by atoms with Gasteiger partial charge >= 0.3 is 6.09 Å². The number of carbonyl (C=O) groups excluding carboxylic acids is 7. The lowest BCUT2D eigenvalue weighted by Crippen LogP contribution is -2.50. The van der Waals surface area contributed by atoms with Gasteiger partial charge in [-0.3, -0.25) is 28.8 Å². The number of Topliss-reactive ketones (excluding diaryl/α,β-unsaturated/α-hetero) is 1. The van der Waals surface area contributed by atoms with Gasteiger partial charge in [0, 0.05) is 75.5 Å². The van der Waals surface area contributed by atoms with Crippen LogP contribution in [0.25, 0.3) is 0 Å². The number of rotatable bonds is 18. The number of aryl methyl sites for hydroxylation is 1. The molecule has 14 heteroatoms. The molecular formula is C40H50FN5O8. The summed E-state index contributed by atoms with van der Waals surface area (Å²) < 4.78 is 19.4. The summed E-state index contributed by atoms with van der Waals surface area (Å²) in [5.74, 6) is -2.02. The van der Waals surface area contributed by atoms with Crippen LogP contribution in [-0.4, -0.2) is 76.9 Å². The van der Waals surface area contributed by atoms with Crippen molar-refractivity contribution in [3.63, 3.8) is 0 Å². The van der Waals surface area contributed by atoms with Crippen molar-refractivity contribution >= 4 is 47.1 Å². The van der Waals surface area contributed by atoms with Crippen LogP contribution in [0, 0.1) is 11.7 Å². The number of benzene rings is 2. The van der Waals surface area contributed by atoms with Crippen molar-refractivity contribution in [1.82, 2.24) is 20.4 Å². The lowest BCUT2D eigenvalue weighted by atomic mass is 9.94. The van der Waals surface area contributed by atoms with Crippen molar-refractivity contribution in [3.05, 3.63) is 65.0 Å². The van der Waals surface area contributed by atoms with Crippen LogP contribution in [0.3, 0.4) is 0 Å². The summed E-state index contributed by atoms with van der Waals surface area (Å²) in [6.07, 6.45) is 6.85. The van der Waals surface area contributed by atoms with Gasteiger partial charge in [0.25, 0.3) is 5.91 Å². The summed E-state index contributed by atoms with van der Waals surface area (Å²) in [5, 5.41) is 8.28. The maximum Gasteiger partial charge on any atom is 0.418 e. The molecule has 1 spiro atoms. The number of anilines is 1. The number of nitrogens with one attached hydrogen (secondary N) is 3. The normalized spacial score (nSPS) is 18.3. The van der Waals surface area contributed by atoms with Crippen molar-refractivity contribution in [1.29, 1.82) is 0 Å². The third-order valence-corrected chi connectivity index (χ3v) is 10.5. The number of nitrogens with zero attached hydrogens (tertiary/aromatic N) is 2. The highest BCUT2D eigenvalue weighted by atomic mass is 19.1. The number of amides is 6. The zero-order chi connectivity index (χ0) is 38.8. The Morgan fingerprint density at radius 2 is 1.65 bits per heavy atom. The van der Waals surface area contributed by atoms with Gasteiger partial charge in [0.05, 0.1) is 0 Å². The highest BCUT2D eigenvalue weighted by molar-refractivity contribution is 6.06. The molecule has 3 N–H and O–H groups in total. The Morgan fingerprint density at radius 1 is 0.944 bits per heavy atom. The van der Waals surface area contributed by atoms with Crippen LogP contribution < -0.4 is 16.0 Å². The standard InChI is InChI=1S/C40H50FN5O8/c1-26(23-43-36(50)18-17-35(49)42-21-7-3-4-10-34(48)29-8-5-6-9-29)45(24-28-11-13-31(41)14-12-28)37(51)25-46-38(52)40(54-39(46)53)20-19-30-22-32(44-27(2)47)15-16-33(30)40/h11-16,22,26,29H,3-10,17-21,23-25H2,1-2H3,(H,42,49)(H,43,50)(H,44,47)/t26-,40+/m0/s1. The molecule has 1 saturated carbocycles. The van der Waals surface area contributed by atoms with E-state index in [-0.39, 0.29) is 50.1 Å². The zero-order valence-electron chi connectivity index (χ0n) is 31.0. The van der Waals surface area contributed by atoms with Crippen LogP contribution in [0.5, 0.6) is 0 Å². The third kappa shape index (κ3) is 10.1. The molecule has 5 rings (SSSR count). The fourth-order valence-corrected chi connectivity index (χ4v) is 7.49. The van der Waals surface area contributed by atoms with Gasteiger partial charge in [-0.25, -0.2) is 14.1 Å². The minimum atomic E-state index is -1.58. The molecule has 13 nitrogen and oxygen atoms in total. The highest BCUT2D eigenvalue weighted by Gasteiger charge is 2.58. The molecule has 0 bridgehead atoms. The number of hydrogen-bond donors (Lipinski definition) is 3. The van der Waals surface area contributed by atoms with E-state index in [4.69, 9.17) is 4.74 Å². The van der Waals surface area contributed by atoms with Crippen LogP contribution in [0.4, 0.5) is 14.9 Å². The Bertz CT molecular complexity index is 1740.